The molecule has 4 nitrogen and oxygen atoms in total. The highest BCUT2D eigenvalue weighted by Gasteiger charge is 2.18. The van der Waals surface area contributed by atoms with Gasteiger partial charge in [0.25, 0.3) is 0 Å². The van der Waals surface area contributed by atoms with Gasteiger partial charge in [0.15, 0.2) is 0 Å². The molecule has 0 aliphatic heterocycles. The minimum atomic E-state index is -1.89. The molecule has 12 heavy (non-hydrogen) atoms. The molecular formula is C7H12O4Si. The summed E-state index contributed by atoms with van der Waals surface area (Å²) in [6.07, 6.45) is 1.68. The van der Waals surface area contributed by atoms with Crippen LogP contribution in [0.1, 0.15) is 0 Å². The van der Waals surface area contributed by atoms with Crippen LogP contribution in [-0.2, 0) is 14.0 Å². The van der Waals surface area contributed by atoms with Gasteiger partial charge < -0.3 is 9.53 Å². The average molecular weight is 188 g/mol. The zero-order valence-electron chi connectivity index (χ0n) is 7.33. The van der Waals surface area contributed by atoms with E-state index in [1.165, 1.54) is 0 Å². The largest absolute Gasteiger partial charge is 0.517 e. The summed E-state index contributed by atoms with van der Waals surface area (Å²) in [5, 5.41) is 8.18. The van der Waals surface area contributed by atoms with E-state index in [1.807, 2.05) is 19.6 Å². The van der Waals surface area contributed by atoms with Gasteiger partial charge in [-0.1, -0.05) is 0 Å². The maximum atomic E-state index is 10.8. The number of carbonyl (C=O) groups excluding carboxylic acids is 1. The number of hydrogen-bond donors (Lipinski definition) is 1. The number of aliphatic carboxylic acids is 1. The van der Waals surface area contributed by atoms with Crippen LogP contribution >= 0.6 is 0 Å². The van der Waals surface area contributed by atoms with Gasteiger partial charge in [0, 0.05) is 12.2 Å². The Balaban J connectivity index is 3.99. The molecule has 0 atom stereocenters. The van der Waals surface area contributed by atoms with Crippen molar-refractivity contribution < 1.29 is 19.1 Å². The quantitative estimate of drug-likeness (QED) is 0.530. The third-order valence-electron chi connectivity index (χ3n) is 0.769. The molecule has 0 aliphatic carbocycles. The molecule has 0 aromatic rings. The maximum Gasteiger partial charge on any atom is 0.328 e. The highest BCUT2D eigenvalue weighted by Crippen LogP contribution is 2.02. The molecule has 0 bridgehead atoms. The molecule has 5 heteroatoms. The standard InChI is InChI=1S/C7H12O4Si/c1-12(2,3)11-7(10)5-4-6(8)9/h4-5H,1-3H3,(H,8,9)/b5-4+. The van der Waals surface area contributed by atoms with Crippen LogP contribution in [0.4, 0.5) is 0 Å². The summed E-state index contributed by atoms with van der Waals surface area (Å²) in [6, 6.07) is 0. The van der Waals surface area contributed by atoms with Crippen molar-refractivity contribution in [3.8, 4) is 0 Å². The number of hydrogen-bond acceptors (Lipinski definition) is 3. The summed E-state index contributed by atoms with van der Waals surface area (Å²) in [7, 11) is -1.89. The van der Waals surface area contributed by atoms with Crippen LogP contribution in [0.15, 0.2) is 12.2 Å². The van der Waals surface area contributed by atoms with Crippen molar-refractivity contribution in [2.24, 2.45) is 0 Å². The van der Waals surface area contributed by atoms with Crippen LogP contribution in [0, 0.1) is 0 Å². The molecule has 1 N–H and O–H groups in total. The highest BCUT2D eigenvalue weighted by atomic mass is 28.4. The maximum absolute atomic E-state index is 10.8. The van der Waals surface area contributed by atoms with E-state index in [-0.39, 0.29) is 0 Å². The first-order chi connectivity index (χ1) is 5.31. The molecule has 0 rings (SSSR count). The first kappa shape index (κ1) is 10.9. The van der Waals surface area contributed by atoms with E-state index in [0.29, 0.717) is 0 Å². The highest BCUT2D eigenvalue weighted by molar-refractivity contribution is 6.71. The topological polar surface area (TPSA) is 63.6 Å². The van der Waals surface area contributed by atoms with Gasteiger partial charge in [-0.05, 0) is 19.6 Å². The van der Waals surface area contributed by atoms with E-state index in [0.717, 1.165) is 12.2 Å². The molecule has 0 radical (unpaired) electrons. The molecule has 68 valence electrons. The molecule has 0 saturated carbocycles. The molecule has 0 aromatic heterocycles. The molecular weight excluding hydrogens is 176 g/mol. The van der Waals surface area contributed by atoms with Crippen LogP contribution in [-0.4, -0.2) is 25.4 Å². The third-order valence-corrected chi connectivity index (χ3v) is 1.58. The summed E-state index contributed by atoms with van der Waals surface area (Å²) < 4.78 is 4.94. The third kappa shape index (κ3) is 7.01. The van der Waals surface area contributed by atoms with Gasteiger partial charge in [-0.15, -0.1) is 0 Å². The Bertz CT molecular complexity index is 214. The van der Waals surface area contributed by atoms with Crippen molar-refractivity contribution in [2.75, 3.05) is 0 Å². The number of rotatable bonds is 3. The van der Waals surface area contributed by atoms with Gasteiger partial charge in [-0.25, -0.2) is 9.59 Å². The molecule has 0 saturated heterocycles. The van der Waals surface area contributed by atoms with Gasteiger partial charge in [-0.3, -0.25) is 0 Å². The summed E-state index contributed by atoms with van der Waals surface area (Å²) in [6.45, 7) is 5.54. The Kier molecular flexibility index (Phi) is 3.68. The van der Waals surface area contributed by atoms with E-state index >= 15 is 0 Å². The molecule has 0 amide bonds. The van der Waals surface area contributed by atoms with E-state index in [9.17, 15) is 9.59 Å². The number of carboxylic acids is 1. The van der Waals surface area contributed by atoms with Gasteiger partial charge in [0.1, 0.15) is 0 Å². The minimum absolute atomic E-state index is 0.587. The van der Waals surface area contributed by atoms with Crippen molar-refractivity contribution >= 4 is 20.3 Å². The molecule has 0 heterocycles. The smallest absolute Gasteiger partial charge is 0.328 e. The second kappa shape index (κ2) is 4.06. The van der Waals surface area contributed by atoms with Gasteiger partial charge in [-0.2, -0.15) is 0 Å². The Morgan fingerprint density at radius 3 is 2.08 bits per heavy atom. The van der Waals surface area contributed by atoms with Gasteiger partial charge in [0.05, 0.1) is 0 Å². The normalized spacial score (nSPS) is 11.6. The van der Waals surface area contributed by atoms with Crippen LogP contribution in [0.25, 0.3) is 0 Å². The zero-order chi connectivity index (χ0) is 9.78. The van der Waals surface area contributed by atoms with Gasteiger partial charge >= 0.3 is 11.9 Å². The van der Waals surface area contributed by atoms with Crippen molar-refractivity contribution in [3.63, 3.8) is 0 Å². The van der Waals surface area contributed by atoms with Crippen LogP contribution < -0.4 is 0 Å². The van der Waals surface area contributed by atoms with Crippen molar-refractivity contribution in [1.82, 2.24) is 0 Å². The lowest BCUT2D eigenvalue weighted by Gasteiger charge is -2.15. The predicted molar refractivity (Wildman–Crippen MR) is 46.2 cm³/mol. The van der Waals surface area contributed by atoms with E-state index in [2.05, 4.69) is 0 Å². The lowest BCUT2D eigenvalue weighted by atomic mass is 10.5. The van der Waals surface area contributed by atoms with Crippen molar-refractivity contribution in [3.05, 3.63) is 12.2 Å². The fraction of sp³-hybridized carbons (Fsp3) is 0.429. The Labute approximate surface area is 72.0 Å². The fourth-order valence-electron chi connectivity index (χ4n) is 0.475. The van der Waals surface area contributed by atoms with Crippen LogP contribution in [0.5, 0.6) is 0 Å². The molecule has 0 aliphatic rings. The predicted octanol–water partition coefficient (Wildman–Crippen LogP) is 1.01. The summed E-state index contributed by atoms with van der Waals surface area (Å²) in [5.41, 5.74) is 0. The SMILES string of the molecule is C[Si](C)(C)OC(=O)/C=C/C(=O)O. The Morgan fingerprint density at radius 1 is 1.25 bits per heavy atom. The molecule has 0 spiro atoms. The van der Waals surface area contributed by atoms with Crippen molar-refractivity contribution in [2.45, 2.75) is 19.6 Å². The fourth-order valence-corrected chi connectivity index (χ4v) is 1.15. The lowest BCUT2D eigenvalue weighted by molar-refractivity contribution is -0.133. The lowest BCUT2D eigenvalue weighted by Crippen LogP contribution is -2.28. The van der Waals surface area contributed by atoms with Crippen LogP contribution in [0.2, 0.25) is 19.6 Å². The summed E-state index contributed by atoms with van der Waals surface area (Å²) in [5.74, 6) is -1.74. The van der Waals surface area contributed by atoms with E-state index in [1.54, 1.807) is 0 Å². The molecule has 0 aromatic carbocycles. The van der Waals surface area contributed by atoms with E-state index in [4.69, 9.17) is 9.53 Å². The number of carbonyl (C=O) groups is 2. The van der Waals surface area contributed by atoms with Crippen molar-refractivity contribution in [1.29, 1.82) is 0 Å². The molecule has 0 unspecified atom stereocenters. The summed E-state index contributed by atoms with van der Waals surface area (Å²) in [4.78, 5) is 20.8. The van der Waals surface area contributed by atoms with Crippen LogP contribution in [0.3, 0.4) is 0 Å². The first-order valence-corrected chi connectivity index (χ1v) is 6.86. The van der Waals surface area contributed by atoms with E-state index < -0.39 is 20.3 Å². The Morgan fingerprint density at radius 2 is 1.75 bits per heavy atom. The monoisotopic (exact) mass is 188 g/mol. The average Bonchev–Trinajstić information content (AvgIpc) is 1.79. The second-order valence-corrected chi connectivity index (χ2v) is 7.63. The Hall–Kier alpha value is -1.10. The zero-order valence-corrected chi connectivity index (χ0v) is 8.33. The second-order valence-electron chi connectivity index (χ2n) is 3.21. The first-order valence-electron chi connectivity index (χ1n) is 3.45. The minimum Gasteiger partial charge on any atom is -0.517 e. The molecule has 0 fully saturated rings. The van der Waals surface area contributed by atoms with Gasteiger partial charge in [0.2, 0.25) is 8.32 Å². The summed E-state index contributed by atoms with van der Waals surface area (Å²) >= 11 is 0. The number of carboxylic acid groups (broad SMARTS) is 1.